The van der Waals surface area contributed by atoms with Gasteiger partial charge in [0.25, 0.3) is 5.69 Å². The molecule has 0 amide bonds. The molecule has 2 aromatic carbocycles. The van der Waals surface area contributed by atoms with Crippen LogP contribution >= 0.6 is 11.3 Å². The van der Waals surface area contributed by atoms with Crippen molar-refractivity contribution < 1.29 is 13.3 Å². The van der Waals surface area contributed by atoms with Gasteiger partial charge >= 0.3 is 0 Å². The fourth-order valence-corrected chi connectivity index (χ4v) is 3.66. The lowest BCUT2D eigenvalue weighted by molar-refractivity contribution is -0.384. The van der Waals surface area contributed by atoms with Gasteiger partial charge in [0.1, 0.15) is 16.6 Å². The predicted molar refractivity (Wildman–Crippen MR) is 109 cm³/mol. The monoisotopic (exact) mass is 427 g/mol. The number of primary sulfonamides is 1. The maximum atomic E-state index is 11.3. The number of nitrogens with two attached hydrogens (primary N) is 1. The molecule has 11 heteroatoms. The zero-order chi connectivity index (χ0) is 21.0. The molecule has 29 heavy (non-hydrogen) atoms. The van der Waals surface area contributed by atoms with Gasteiger partial charge in [-0.25, -0.2) is 18.5 Å². The maximum Gasteiger partial charge on any atom is 0.270 e. The molecular formula is C18H13N5O4S2. The Bertz CT molecular complexity index is 1240. The molecule has 1 aromatic heterocycles. The summed E-state index contributed by atoms with van der Waals surface area (Å²) < 4.78 is 22.6. The molecule has 0 atom stereocenters. The molecule has 0 radical (unpaired) electrons. The molecule has 0 saturated heterocycles. The molecule has 9 nitrogen and oxygen atoms in total. The van der Waals surface area contributed by atoms with Crippen LogP contribution in [0.1, 0.15) is 5.01 Å². The van der Waals surface area contributed by atoms with Crippen LogP contribution in [0.2, 0.25) is 0 Å². The van der Waals surface area contributed by atoms with Crippen molar-refractivity contribution in [2.75, 3.05) is 5.32 Å². The normalized spacial score (nSPS) is 11.7. The molecule has 3 N–H and O–H groups in total. The third kappa shape index (κ3) is 4.82. The Balaban J connectivity index is 1.81. The second-order valence-corrected chi connectivity index (χ2v) is 8.15. The molecule has 3 aromatic rings. The van der Waals surface area contributed by atoms with Gasteiger partial charge in [0.2, 0.25) is 10.0 Å². The van der Waals surface area contributed by atoms with Gasteiger partial charge in [0.05, 0.1) is 15.5 Å². The number of nitriles is 1. The van der Waals surface area contributed by atoms with E-state index in [1.54, 1.807) is 17.5 Å². The van der Waals surface area contributed by atoms with Crippen LogP contribution in [0.15, 0.2) is 65.0 Å². The van der Waals surface area contributed by atoms with Crippen LogP contribution in [0, 0.1) is 21.4 Å². The van der Waals surface area contributed by atoms with Gasteiger partial charge < -0.3 is 5.32 Å². The van der Waals surface area contributed by atoms with Crippen LogP contribution in [0.5, 0.6) is 0 Å². The number of allylic oxidation sites excluding steroid dienone is 1. The minimum atomic E-state index is -3.78. The van der Waals surface area contributed by atoms with Crippen molar-refractivity contribution in [1.82, 2.24) is 4.98 Å². The van der Waals surface area contributed by atoms with E-state index in [0.29, 0.717) is 22.0 Å². The Hall–Kier alpha value is -3.59. The van der Waals surface area contributed by atoms with Crippen molar-refractivity contribution >= 4 is 38.3 Å². The number of nitrogens with one attached hydrogen (secondary N) is 1. The van der Waals surface area contributed by atoms with Gasteiger partial charge in [0, 0.05) is 35.0 Å². The lowest BCUT2D eigenvalue weighted by Gasteiger charge is -2.03. The standard InChI is InChI=1S/C18H13N5O4S2/c19-9-13(10-21-14-4-6-16(7-5-14)29(20,26)27)18-22-17(11-28-18)12-2-1-3-15(8-12)23(24)25/h1-8,10-11,21H,(H2,20,26,27)/b13-10+. The zero-order valence-corrected chi connectivity index (χ0v) is 16.3. The maximum absolute atomic E-state index is 11.3. The number of anilines is 1. The number of nitrogens with zero attached hydrogens (tertiary/aromatic N) is 3. The highest BCUT2D eigenvalue weighted by molar-refractivity contribution is 7.89. The number of rotatable bonds is 6. The minimum absolute atomic E-state index is 0.0194. The van der Waals surface area contributed by atoms with Crippen LogP contribution in [0.25, 0.3) is 16.8 Å². The zero-order valence-electron chi connectivity index (χ0n) is 14.6. The van der Waals surface area contributed by atoms with Crippen LogP contribution in [0.4, 0.5) is 11.4 Å². The van der Waals surface area contributed by atoms with Crippen LogP contribution in [-0.4, -0.2) is 18.3 Å². The first-order valence-corrected chi connectivity index (χ1v) is 10.4. The summed E-state index contributed by atoms with van der Waals surface area (Å²) in [7, 11) is -3.78. The smallest absolute Gasteiger partial charge is 0.270 e. The molecule has 0 unspecified atom stereocenters. The number of thiazole rings is 1. The quantitative estimate of drug-likeness (QED) is 0.347. The van der Waals surface area contributed by atoms with Crippen molar-refractivity contribution in [3.05, 3.63) is 75.2 Å². The molecule has 146 valence electrons. The molecular weight excluding hydrogens is 414 g/mol. The summed E-state index contributed by atoms with van der Waals surface area (Å²) in [6.07, 6.45) is 1.45. The van der Waals surface area contributed by atoms with Gasteiger partial charge in [-0.1, -0.05) is 12.1 Å². The lowest BCUT2D eigenvalue weighted by Crippen LogP contribution is -2.11. The summed E-state index contributed by atoms with van der Waals surface area (Å²) in [5.74, 6) is 0. The Morgan fingerprint density at radius 2 is 2.00 bits per heavy atom. The molecule has 0 bridgehead atoms. The molecule has 0 aliphatic heterocycles. The lowest BCUT2D eigenvalue weighted by atomic mass is 10.1. The predicted octanol–water partition coefficient (Wildman–Crippen LogP) is 3.34. The largest absolute Gasteiger partial charge is 0.360 e. The second kappa shape index (κ2) is 8.19. The van der Waals surface area contributed by atoms with Gasteiger partial charge in [-0.15, -0.1) is 11.3 Å². The summed E-state index contributed by atoms with van der Waals surface area (Å²) in [5.41, 5.74) is 1.86. The summed E-state index contributed by atoms with van der Waals surface area (Å²) in [4.78, 5) is 14.8. The van der Waals surface area contributed by atoms with Gasteiger partial charge in [-0.05, 0) is 24.3 Å². The van der Waals surface area contributed by atoms with Crippen LogP contribution in [0.3, 0.4) is 0 Å². The van der Waals surface area contributed by atoms with E-state index in [1.807, 2.05) is 6.07 Å². The number of nitro benzene ring substituents is 1. The summed E-state index contributed by atoms with van der Waals surface area (Å²) in [6.45, 7) is 0. The molecule has 1 heterocycles. The van der Waals surface area contributed by atoms with Gasteiger partial charge in [-0.3, -0.25) is 10.1 Å². The highest BCUT2D eigenvalue weighted by atomic mass is 32.2. The van der Waals surface area contributed by atoms with E-state index in [9.17, 15) is 23.8 Å². The Kier molecular flexibility index (Phi) is 5.69. The van der Waals surface area contributed by atoms with Crippen molar-refractivity contribution in [2.45, 2.75) is 4.90 Å². The first kappa shape index (κ1) is 20.2. The number of aromatic nitrogens is 1. The van der Waals surface area contributed by atoms with E-state index in [2.05, 4.69) is 10.3 Å². The Labute approximate surface area is 170 Å². The highest BCUT2D eigenvalue weighted by Gasteiger charge is 2.12. The van der Waals surface area contributed by atoms with Crippen molar-refractivity contribution in [3.63, 3.8) is 0 Å². The van der Waals surface area contributed by atoms with Gasteiger partial charge in [0.15, 0.2) is 0 Å². The van der Waals surface area contributed by atoms with E-state index in [0.717, 1.165) is 0 Å². The second-order valence-electron chi connectivity index (χ2n) is 5.73. The van der Waals surface area contributed by atoms with Crippen LogP contribution in [-0.2, 0) is 10.0 Å². The third-order valence-corrected chi connectivity index (χ3v) is 5.58. The van der Waals surface area contributed by atoms with Crippen molar-refractivity contribution in [1.29, 1.82) is 5.26 Å². The summed E-state index contributed by atoms with van der Waals surface area (Å²) in [5, 5.41) is 30.5. The molecule has 0 fully saturated rings. The number of benzene rings is 2. The van der Waals surface area contributed by atoms with E-state index in [-0.39, 0.29) is 16.2 Å². The SMILES string of the molecule is N#C/C(=C\Nc1ccc(S(N)(=O)=O)cc1)c1nc(-c2cccc([N+](=O)[O-])c2)cs1. The molecule has 3 rings (SSSR count). The van der Waals surface area contributed by atoms with E-state index >= 15 is 0 Å². The highest BCUT2D eigenvalue weighted by Crippen LogP contribution is 2.28. The first-order valence-electron chi connectivity index (χ1n) is 7.98. The Morgan fingerprint density at radius 3 is 2.62 bits per heavy atom. The average molecular weight is 427 g/mol. The number of nitro groups is 1. The third-order valence-electron chi connectivity index (χ3n) is 3.77. The topological polar surface area (TPSA) is 152 Å². The number of hydrogen-bond donors (Lipinski definition) is 2. The number of hydrogen-bond acceptors (Lipinski definition) is 8. The summed E-state index contributed by atoms with van der Waals surface area (Å²) in [6, 6.07) is 13.8. The fraction of sp³-hybridized carbons (Fsp3) is 0. The Morgan fingerprint density at radius 1 is 1.28 bits per heavy atom. The fourth-order valence-electron chi connectivity index (χ4n) is 2.35. The van der Waals surface area contributed by atoms with E-state index < -0.39 is 14.9 Å². The van der Waals surface area contributed by atoms with Crippen LogP contribution < -0.4 is 10.5 Å². The van der Waals surface area contributed by atoms with E-state index in [4.69, 9.17) is 5.14 Å². The minimum Gasteiger partial charge on any atom is -0.360 e. The molecule has 0 aliphatic rings. The average Bonchev–Trinajstić information content (AvgIpc) is 3.18. The molecule has 0 aliphatic carbocycles. The number of non-ortho nitro benzene ring substituents is 1. The van der Waals surface area contributed by atoms with Gasteiger partial charge in [-0.2, -0.15) is 5.26 Å². The van der Waals surface area contributed by atoms with Crippen molar-refractivity contribution in [3.8, 4) is 17.3 Å². The number of sulfonamides is 1. The van der Waals surface area contributed by atoms with E-state index in [1.165, 1.54) is 53.9 Å². The molecule has 0 spiro atoms. The molecule has 0 saturated carbocycles. The first-order chi connectivity index (χ1) is 13.8. The van der Waals surface area contributed by atoms with Crippen molar-refractivity contribution in [2.24, 2.45) is 5.14 Å². The summed E-state index contributed by atoms with van der Waals surface area (Å²) >= 11 is 1.22.